The summed E-state index contributed by atoms with van der Waals surface area (Å²) >= 11 is 6.12. The number of nitrogens with zero attached hydrogens (tertiary/aromatic N) is 2. The van der Waals surface area contributed by atoms with Crippen LogP contribution in [0.2, 0.25) is 5.02 Å². The highest BCUT2D eigenvalue weighted by Crippen LogP contribution is 2.20. The lowest BCUT2D eigenvalue weighted by atomic mass is 10.2. The van der Waals surface area contributed by atoms with E-state index in [4.69, 9.17) is 21.4 Å². The molecule has 0 saturated heterocycles. The molecule has 1 aromatic carbocycles. The van der Waals surface area contributed by atoms with Crippen molar-refractivity contribution in [3.63, 3.8) is 0 Å². The Hall–Kier alpha value is -2.12. The van der Waals surface area contributed by atoms with E-state index in [-0.39, 0.29) is 12.1 Å². The van der Waals surface area contributed by atoms with Crippen LogP contribution in [0, 0.1) is 0 Å². The molecule has 1 heterocycles. The number of benzene rings is 1. The molecule has 1 atom stereocenters. The van der Waals surface area contributed by atoms with Crippen molar-refractivity contribution in [2.75, 3.05) is 13.2 Å². The first-order valence-corrected chi connectivity index (χ1v) is 7.59. The number of carbonyl (C=O) groups is 1. The quantitative estimate of drug-likeness (QED) is 0.788. The van der Waals surface area contributed by atoms with Crippen LogP contribution in [0.5, 0.6) is 0 Å². The van der Waals surface area contributed by atoms with E-state index in [1.54, 1.807) is 25.1 Å². The van der Waals surface area contributed by atoms with Crippen LogP contribution in [-0.2, 0) is 11.3 Å². The average Bonchev–Trinajstić information content (AvgIpc) is 2.48. The van der Waals surface area contributed by atoms with Crippen molar-refractivity contribution >= 4 is 28.6 Å². The van der Waals surface area contributed by atoms with E-state index >= 15 is 0 Å². The van der Waals surface area contributed by atoms with Gasteiger partial charge in [-0.15, -0.1) is 0 Å². The zero-order valence-corrected chi connectivity index (χ0v) is 13.6. The van der Waals surface area contributed by atoms with Crippen molar-refractivity contribution in [3.8, 4) is 0 Å². The molecule has 8 heteroatoms. The fourth-order valence-corrected chi connectivity index (χ4v) is 2.59. The number of carboxylic acid groups (broad SMARTS) is 1. The van der Waals surface area contributed by atoms with E-state index in [1.807, 2.05) is 6.92 Å². The molecular formula is C15H18ClN3O4. The molecule has 124 valence electrons. The molecule has 7 nitrogen and oxygen atoms in total. The zero-order chi connectivity index (χ0) is 17.0. The van der Waals surface area contributed by atoms with Gasteiger partial charge in [0, 0.05) is 6.61 Å². The van der Waals surface area contributed by atoms with Gasteiger partial charge in [0.2, 0.25) is 0 Å². The second kappa shape index (κ2) is 7.43. The Kier molecular flexibility index (Phi) is 5.57. The first kappa shape index (κ1) is 17.2. The standard InChI is InChI=1S/C15H18ClN3O4/c1-3-23-8-7-19-13(9(2)17-15(21)22)18-11-6-4-5-10(16)12(11)14(19)20/h4-6,9,17H,3,7-8H2,1-2H3,(H,21,22). The number of amides is 1. The lowest BCUT2D eigenvalue weighted by Gasteiger charge is -2.18. The van der Waals surface area contributed by atoms with E-state index in [2.05, 4.69) is 10.3 Å². The molecule has 23 heavy (non-hydrogen) atoms. The van der Waals surface area contributed by atoms with Gasteiger partial charge in [0.15, 0.2) is 0 Å². The third-order valence-corrected chi connectivity index (χ3v) is 3.67. The number of aromatic nitrogens is 2. The van der Waals surface area contributed by atoms with Crippen LogP contribution in [0.3, 0.4) is 0 Å². The number of hydrogen-bond donors (Lipinski definition) is 2. The number of rotatable bonds is 6. The molecule has 0 spiro atoms. The highest BCUT2D eigenvalue weighted by Gasteiger charge is 2.19. The van der Waals surface area contributed by atoms with Gasteiger partial charge in [0.1, 0.15) is 5.82 Å². The van der Waals surface area contributed by atoms with Gasteiger partial charge in [0.05, 0.1) is 35.1 Å². The first-order chi connectivity index (χ1) is 11.0. The minimum absolute atomic E-state index is 0.266. The number of hydrogen-bond acceptors (Lipinski definition) is 4. The first-order valence-electron chi connectivity index (χ1n) is 7.21. The highest BCUT2D eigenvalue weighted by molar-refractivity contribution is 6.35. The summed E-state index contributed by atoms with van der Waals surface area (Å²) in [6.45, 7) is 4.59. The van der Waals surface area contributed by atoms with Crippen LogP contribution in [0.1, 0.15) is 25.7 Å². The Balaban J connectivity index is 2.60. The molecule has 0 saturated carbocycles. The summed E-state index contributed by atoms with van der Waals surface area (Å²) < 4.78 is 6.70. The summed E-state index contributed by atoms with van der Waals surface area (Å²) in [5.74, 6) is 0.326. The maximum atomic E-state index is 12.8. The smallest absolute Gasteiger partial charge is 0.405 e. The van der Waals surface area contributed by atoms with Gasteiger partial charge in [-0.05, 0) is 26.0 Å². The van der Waals surface area contributed by atoms with Gasteiger partial charge in [0.25, 0.3) is 5.56 Å². The van der Waals surface area contributed by atoms with Gasteiger partial charge in [-0.25, -0.2) is 9.78 Å². The van der Waals surface area contributed by atoms with E-state index < -0.39 is 12.1 Å². The van der Waals surface area contributed by atoms with Gasteiger partial charge >= 0.3 is 6.09 Å². The monoisotopic (exact) mass is 339 g/mol. The molecule has 0 radical (unpaired) electrons. The second-order valence-electron chi connectivity index (χ2n) is 4.93. The third kappa shape index (κ3) is 3.80. The summed E-state index contributed by atoms with van der Waals surface area (Å²) in [6.07, 6.45) is -1.19. The molecular weight excluding hydrogens is 322 g/mol. The van der Waals surface area contributed by atoms with Crippen LogP contribution in [0.25, 0.3) is 10.9 Å². The molecule has 0 fully saturated rings. The Morgan fingerprint density at radius 1 is 1.52 bits per heavy atom. The molecule has 0 bridgehead atoms. The van der Waals surface area contributed by atoms with E-state index in [0.29, 0.717) is 35.0 Å². The number of halogens is 1. The molecule has 2 N–H and O–H groups in total. The van der Waals surface area contributed by atoms with Crippen molar-refractivity contribution in [2.45, 2.75) is 26.4 Å². The molecule has 2 aromatic rings. The largest absolute Gasteiger partial charge is 0.465 e. The fourth-order valence-electron chi connectivity index (χ4n) is 2.34. The summed E-state index contributed by atoms with van der Waals surface area (Å²) in [5, 5.41) is 11.9. The summed E-state index contributed by atoms with van der Waals surface area (Å²) in [6, 6.07) is 4.34. The van der Waals surface area contributed by atoms with Crippen molar-refractivity contribution in [3.05, 3.63) is 39.4 Å². The summed E-state index contributed by atoms with van der Waals surface area (Å²) in [7, 11) is 0. The Morgan fingerprint density at radius 3 is 2.91 bits per heavy atom. The number of nitrogens with one attached hydrogen (secondary N) is 1. The Morgan fingerprint density at radius 2 is 2.26 bits per heavy atom. The fraction of sp³-hybridized carbons (Fsp3) is 0.400. The molecule has 1 amide bonds. The molecule has 1 aromatic heterocycles. The summed E-state index contributed by atoms with van der Waals surface area (Å²) in [4.78, 5) is 28.1. The molecule has 0 aliphatic carbocycles. The van der Waals surface area contributed by atoms with Gasteiger partial charge in [-0.1, -0.05) is 17.7 Å². The Labute approximate surface area is 137 Å². The summed E-state index contributed by atoms with van der Waals surface area (Å²) in [5.41, 5.74) is 0.124. The predicted molar refractivity (Wildman–Crippen MR) is 87.1 cm³/mol. The van der Waals surface area contributed by atoms with Crippen LogP contribution in [0.15, 0.2) is 23.0 Å². The van der Waals surface area contributed by atoms with Crippen molar-refractivity contribution < 1.29 is 14.6 Å². The minimum Gasteiger partial charge on any atom is -0.465 e. The third-order valence-electron chi connectivity index (χ3n) is 3.35. The van der Waals surface area contributed by atoms with Gasteiger partial charge in [-0.2, -0.15) is 0 Å². The number of fused-ring (bicyclic) bond motifs is 1. The van der Waals surface area contributed by atoms with Crippen molar-refractivity contribution in [2.24, 2.45) is 0 Å². The zero-order valence-electron chi connectivity index (χ0n) is 12.9. The van der Waals surface area contributed by atoms with Gasteiger partial charge in [-0.3, -0.25) is 9.36 Å². The van der Waals surface area contributed by atoms with E-state index in [0.717, 1.165) is 0 Å². The van der Waals surface area contributed by atoms with E-state index in [9.17, 15) is 9.59 Å². The average molecular weight is 340 g/mol. The Bertz CT molecular complexity index is 775. The normalized spacial score (nSPS) is 12.3. The van der Waals surface area contributed by atoms with Crippen molar-refractivity contribution in [1.82, 2.24) is 14.9 Å². The van der Waals surface area contributed by atoms with Crippen LogP contribution in [-0.4, -0.2) is 34.0 Å². The van der Waals surface area contributed by atoms with Crippen molar-refractivity contribution in [1.29, 1.82) is 0 Å². The topological polar surface area (TPSA) is 93.4 Å². The van der Waals surface area contributed by atoms with Crippen LogP contribution < -0.4 is 10.9 Å². The minimum atomic E-state index is -1.19. The predicted octanol–water partition coefficient (Wildman–Crippen LogP) is 2.42. The SMILES string of the molecule is CCOCCn1c(C(C)NC(=O)O)nc2cccc(Cl)c2c1=O. The molecule has 1 unspecified atom stereocenters. The lowest BCUT2D eigenvalue weighted by molar-refractivity contribution is 0.137. The second-order valence-corrected chi connectivity index (χ2v) is 5.34. The maximum absolute atomic E-state index is 12.8. The van der Waals surface area contributed by atoms with E-state index in [1.165, 1.54) is 4.57 Å². The number of ether oxygens (including phenoxy) is 1. The highest BCUT2D eigenvalue weighted by atomic mass is 35.5. The van der Waals surface area contributed by atoms with Gasteiger partial charge < -0.3 is 15.2 Å². The molecule has 0 aliphatic heterocycles. The molecule has 0 aliphatic rings. The maximum Gasteiger partial charge on any atom is 0.405 e. The lowest BCUT2D eigenvalue weighted by Crippen LogP contribution is -2.34. The van der Waals surface area contributed by atoms with Crippen LogP contribution in [0.4, 0.5) is 4.79 Å². The molecule has 2 rings (SSSR count). The van der Waals surface area contributed by atoms with Crippen LogP contribution >= 0.6 is 11.6 Å².